The minimum Gasteiger partial charge on any atom is -0.462 e. The highest BCUT2D eigenvalue weighted by Crippen LogP contribution is 2.34. The number of morpholine rings is 1. The maximum atomic E-state index is 11.9. The number of esters is 1. The van der Waals surface area contributed by atoms with Crippen molar-refractivity contribution in [3.05, 3.63) is 22.9 Å². The van der Waals surface area contributed by atoms with Crippen LogP contribution in [0.25, 0.3) is 0 Å². The molecule has 2 aliphatic heterocycles. The van der Waals surface area contributed by atoms with Crippen LogP contribution in [0.15, 0.2) is 22.9 Å². The lowest BCUT2D eigenvalue weighted by Crippen LogP contribution is -2.46. The molecule has 2 rings (SSSR count). The molecule has 0 aromatic heterocycles. The van der Waals surface area contributed by atoms with Gasteiger partial charge < -0.3 is 19.1 Å². The Labute approximate surface area is 137 Å². The largest absolute Gasteiger partial charge is 0.462 e. The zero-order chi connectivity index (χ0) is 16.9. The zero-order valence-corrected chi connectivity index (χ0v) is 14.1. The van der Waals surface area contributed by atoms with Crippen molar-refractivity contribution in [3.63, 3.8) is 0 Å². The van der Waals surface area contributed by atoms with Gasteiger partial charge in [-0.05, 0) is 38.8 Å². The highest BCUT2D eigenvalue weighted by molar-refractivity contribution is 5.93. The number of rotatable bonds is 4. The fourth-order valence-corrected chi connectivity index (χ4v) is 3.02. The summed E-state index contributed by atoms with van der Waals surface area (Å²) in [6, 6.07) is 1.95. The summed E-state index contributed by atoms with van der Waals surface area (Å²) in [5, 5.41) is 9.27. The maximum absolute atomic E-state index is 11.9. The predicted octanol–water partition coefficient (Wildman–Crippen LogP) is 1.78. The molecule has 126 valence electrons. The van der Waals surface area contributed by atoms with Crippen molar-refractivity contribution in [2.45, 2.75) is 32.8 Å². The number of carbonyl (C=O) groups is 1. The number of allylic oxidation sites excluding steroid dienone is 1. The van der Waals surface area contributed by atoms with Crippen LogP contribution in [0.4, 0.5) is 0 Å². The van der Waals surface area contributed by atoms with Crippen LogP contribution < -0.4 is 0 Å². The van der Waals surface area contributed by atoms with Crippen LogP contribution in [0.2, 0.25) is 0 Å². The van der Waals surface area contributed by atoms with Crippen LogP contribution in [0, 0.1) is 11.3 Å². The van der Waals surface area contributed by atoms with Crippen molar-refractivity contribution < 1.29 is 19.0 Å². The van der Waals surface area contributed by atoms with E-state index in [0.717, 1.165) is 24.4 Å². The monoisotopic (exact) mass is 320 g/mol. The molecule has 6 heteroatoms. The van der Waals surface area contributed by atoms with Gasteiger partial charge in [0.15, 0.2) is 0 Å². The molecular weight excluding hydrogens is 296 g/mol. The Morgan fingerprint density at radius 3 is 2.70 bits per heavy atom. The van der Waals surface area contributed by atoms with E-state index in [-0.39, 0.29) is 12.2 Å². The Morgan fingerprint density at radius 2 is 2.09 bits per heavy atom. The Hall–Kier alpha value is -1.84. The molecule has 6 nitrogen and oxygen atoms in total. The van der Waals surface area contributed by atoms with Gasteiger partial charge in [-0.1, -0.05) is 0 Å². The third kappa shape index (κ3) is 4.12. The van der Waals surface area contributed by atoms with E-state index in [4.69, 9.17) is 14.2 Å². The molecule has 2 heterocycles. The number of hydrogen-bond donors (Lipinski definition) is 0. The molecule has 1 fully saturated rings. The summed E-state index contributed by atoms with van der Waals surface area (Å²) in [5.41, 5.74) is 1.57. The first-order valence-corrected chi connectivity index (χ1v) is 7.98. The van der Waals surface area contributed by atoms with E-state index in [2.05, 4.69) is 4.90 Å². The van der Waals surface area contributed by atoms with E-state index in [1.54, 1.807) is 13.0 Å². The Balaban J connectivity index is 2.42. The first-order valence-electron chi connectivity index (χ1n) is 7.98. The highest BCUT2D eigenvalue weighted by atomic mass is 16.5. The average molecular weight is 320 g/mol. The van der Waals surface area contributed by atoms with Crippen LogP contribution in [0.3, 0.4) is 0 Å². The Morgan fingerprint density at radius 1 is 1.39 bits per heavy atom. The highest BCUT2D eigenvalue weighted by Gasteiger charge is 2.35. The fraction of sp³-hybridized carbons (Fsp3) is 0.647. The Kier molecular flexibility index (Phi) is 5.80. The topological polar surface area (TPSA) is 71.8 Å². The summed E-state index contributed by atoms with van der Waals surface area (Å²) in [7, 11) is 0. The molecule has 0 radical (unpaired) electrons. The molecule has 0 aromatic rings. The Bertz CT molecular complexity index is 551. The molecule has 0 saturated carbocycles. The number of carbonyl (C=O) groups excluding carboxylic acids is 1. The van der Waals surface area contributed by atoms with Gasteiger partial charge in [0.1, 0.15) is 17.2 Å². The lowest BCUT2D eigenvalue weighted by Gasteiger charge is -2.43. The molecule has 0 amide bonds. The average Bonchev–Trinajstić information content (AvgIpc) is 2.52. The molecule has 23 heavy (non-hydrogen) atoms. The van der Waals surface area contributed by atoms with Gasteiger partial charge in [0.25, 0.3) is 0 Å². The van der Waals surface area contributed by atoms with Crippen molar-refractivity contribution in [2.75, 3.05) is 39.5 Å². The molecule has 0 bridgehead atoms. The predicted molar refractivity (Wildman–Crippen MR) is 84.4 cm³/mol. The van der Waals surface area contributed by atoms with Gasteiger partial charge in [-0.3, -0.25) is 0 Å². The van der Waals surface area contributed by atoms with Crippen molar-refractivity contribution in [1.82, 2.24) is 4.90 Å². The second-order valence-electron chi connectivity index (χ2n) is 5.97. The van der Waals surface area contributed by atoms with Crippen LogP contribution in [0.1, 0.15) is 27.2 Å². The third-order valence-corrected chi connectivity index (χ3v) is 3.97. The van der Waals surface area contributed by atoms with E-state index in [9.17, 15) is 10.1 Å². The SMILES string of the molecule is CCOC(=O)C(C#N)=CC1=C(N2CCOCC2)C(C)(C)OCC1. The number of ether oxygens (including phenoxy) is 3. The normalized spacial score (nSPS) is 21.8. The minimum atomic E-state index is -0.576. The van der Waals surface area contributed by atoms with E-state index in [1.807, 2.05) is 19.9 Å². The van der Waals surface area contributed by atoms with E-state index >= 15 is 0 Å². The first kappa shape index (κ1) is 17.5. The van der Waals surface area contributed by atoms with Gasteiger partial charge in [0, 0.05) is 18.8 Å². The zero-order valence-electron chi connectivity index (χ0n) is 14.1. The number of nitriles is 1. The van der Waals surface area contributed by atoms with Crippen LogP contribution in [0.5, 0.6) is 0 Å². The van der Waals surface area contributed by atoms with Crippen LogP contribution in [-0.2, 0) is 19.0 Å². The van der Waals surface area contributed by atoms with Gasteiger partial charge in [0.2, 0.25) is 0 Å². The third-order valence-electron chi connectivity index (χ3n) is 3.97. The van der Waals surface area contributed by atoms with Crippen LogP contribution in [-0.4, -0.2) is 56.0 Å². The molecular formula is C17H24N2O4. The van der Waals surface area contributed by atoms with Crippen molar-refractivity contribution in [3.8, 4) is 6.07 Å². The van der Waals surface area contributed by atoms with Gasteiger partial charge >= 0.3 is 5.97 Å². The van der Waals surface area contributed by atoms with Gasteiger partial charge in [-0.25, -0.2) is 4.79 Å². The summed E-state index contributed by atoms with van der Waals surface area (Å²) in [6.07, 6.45) is 2.33. The summed E-state index contributed by atoms with van der Waals surface area (Å²) >= 11 is 0. The van der Waals surface area contributed by atoms with E-state index < -0.39 is 11.6 Å². The quantitative estimate of drug-likeness (QED) is 0.447. The molecule has 2 aliphatic rings. The number of hydrogen-bond acceptors (Lipinski definition) is 6. The lowest BCUT2D eigenvalue weighted by molar-refractivity contribution is -0.138. The molecule has 0 N–H and O–H groups in total. The summed E-state index contributed by atoms with van der Waals surface area (Å²) in [5.74, 6) is -0.576. The van der Waals surface area contributed by atoms with E-state index in [0.29, 0.717) is 26.2 Å². The molecule has 1 saturated heterocycles. The smallest absolute Gasteiger partial charge is 0.348 e. The number of nitrogens with zero attached hydrogens (tertiary/aromatic N) is 2. The van der Waals surface area contributed by atoms with Crippen molar-refractivity contribution >= 4 is 5.97 Å². The molecule has 0 atom stereocenters. The summed E-state index contributed by atoms with van der Waals surface area (Å²) in [6.45, 7) is 9.46. The molecule has 0 spiro atoms. The van der Waals surface area contributed by atoms with Gasteiger partial charge in [0.05, 0.1) is 26.4 Å². The minimum absolute atomic E-state index is 0.0327. The molecule has 0 aliphatic carbocycles. The molecule has 0 aromatic carbocycles. The fourth-order valence-electron chi connectivity index (χ4n) is 3.02. The van der Waals surface area contributed by atoms with Crippen molar-refractivity contribution in [1.29, 1.82) is 5.26 Å². The van der Waals surface area contributed by atoms with Crippen LogP contribution >= 0.6 is 0 Å². The van der Waals surface area contributed by atoms with Crippen molar-refractivity contribution in [2.24, 2.45) is 0 Å². The van der Waals surface area contributed by atoms with E-state index in [1.165, 1.54) is 0 Å². The standard InChI is InChI=1S/C17H24N2O4/c1-4-22-16(20)14(12-18)11-13-5-8-23-17(2,3)15(13)19-6-9-21-10-7-19/h11H,4-10H2,1-3H3. The lowest BCUT2D eigenvalue weighted by atomic mass is 9.92. The van der Waals surface area contributed by atoms with Gasteiger partial charge in [-0.15, -0.1) is 0 Å². The van der Waals surface area contributed by atoms with Gasteiger partial charge in [-0.2, -0.15) is 5.26 Å². The first-order chi connectivity index (χ1) is 11.0. The second-order valence-corrected chi connectivity index (χ2v) is 5.97. The summed E-state index contributed by atoms with van der Waals surface area (Å²) in [4.78, 5) is 14.1. The summed E-state index contributed by atoms with van der Waals surface area (Å²) < 4.78 is 16.3. The maximum Gasteiger partial charge on any atom is 0.348 e. The molecule has 0 unspecified atom stereocenters. The second kappa shape index (κ2) is 7.62.